The number of methoxy groups -OCH3 is 1. The second-order valence-electron chi connectivity index (χ2n) is 5.06. The lowest BCUT2D eigenvalue weighted by Gasteiger charge is -2.21. The Labute approximate surface area is 109 Å². The molecule has 0 radical (unpaired) electrons. The van der Waals surface area contributed by atoms with Gasteiger partial charge in [-0.3, -0.25) is 4.79 Å². The number of aryl methyl sites for hydroxylation is 1. The smallest absolute Gasteiger partial charge is 0.314 e. The van der Waals surface area contributed by atoms with Crippen LogP contribution >= 0.6 is 0 Å². The second-order valence-corrected chi connectivity index (χ2v) is 5.06. The predicted molar refractivity (Wildman–Crippen MR) is 71.7 cm³/mol. The molecule has 0 amide bonds. The van der Waals surface area contributed by atoms with Crippen molar-refractivity contribution >= 4 is 5.97 Å². The molecule has 1 aromatic carbocycles. The van der Waals surface area contributed by atoms with Gasteiger partial charge in [-0.15, -0.1) is 0 Å². The van der Waals surface area contributed by atoms with Crippen molar-refractivity contribution in [2.24, 2.45) is 5.41 Å². The monoisotopic (exact) mass is 250 g/mol. The maximum absolute atomic E-state index is 11.5. The van der Waals surface area contributed by atoms with Crippen LogP contribution in [0.15, 0.2) is 24.3 Å². The van der Waals surface area contributed by atoms with E-state index in [0.717, 1.165) is 18.6 Å². The Bertz CT molecular complexity index is 379. The molecule has 0 unspecified atom stereocenters. The molecule has 0 heterocycles. The number of carbonyl (C=O) groups is 1. The summed E-state index contributed by atoms with van der Waals surface area (Å²) in [5.74, 6) is 0.525. The molecular formula is C15H22O3. The number of esters is 1. The number of rotatable bonds is 6. The van der Waals surface area contributed by atoms with Gasteiger partial charge in [0.15, 0.2) is 0 Å². The molecule has 1 aromatic rings. The van der Waals surface area contributed by atoms with Gasteiger partial charge in [-0.2, -0.15) is 0 Å². The van der Waals surface area contributed by atoms with Crippen molar-refractivity contribution in [3.63, 3.8) is 0 Å². The molecule has 0 aliphatic carbocycles. The van der Waals surface area contributed by atoms with Crippen LogP contribution in [-0.4, -0.2) is 19.7 Å². The molecule has 0 aliphatic heterocycles. The van der Waals surface area contributed by atoms with E-state index in [9.17, 15) is 4.79 Å². The zero-order valence-corrected chi connectivity index (χ0v) is 11.7. The number of carbonyl (C=O) groups excluding carboxylic acids is 1. The highest BCUT2D eigenvalue weighted by molar-refractivity contribution is 5.75. The van der Waals surface area contributed by atoms with E-state index in [-0.39, 0.29) is 5.97 Å². The SMILES string of the molecule is CCCc1ccc(OCC(C)(C)C(=O)OC)cc1. The van der Waals surface area contributed by atoms with E-state index in [1.54, 1.807) is 0 Å². The van der Waals surface area contributed by atoms with Gasteiger partial charge in [0.05, 0.1) is 12.5 Å². The molecule has 0 fully saturated rings. The summed E-state index contributed by atoms with van der Waals surface area (Å²) >= 11 is 0. The Balaban J connectivity index is 2.55. The van der Waals surface area contributed by atoms with Gasteiger partial charge < -0.3 is 9.47 Å². The maximum Gasteiger partial charge on any atom is 0.314 e. The zero-order valence-electron chi connectivity index (χ0n) is 11.7. The molecule has 0 saturated carbocycles. The van der Waals surface area contributed by atoms with Crippen LogP contribution in [0.2, 0.25) is 0 Å². The maximum atomic E-state index is 11.5. The first-order valence-corrected chi connectivity index (χ1v) is 6.29. The van der Waals surface area contributed by atoms with Gasteiger partial charge in [-0.05, 0) is 38.0 Å². The quantitative estimate of drug-likeness (QED) is 0.727. The van der Waals surface area contributed by atoms with Crippen molar-refractivity contribution in [2.75, 3.05) is 13.7 Å². The number of benzene rings is 1. The Morgan fingerprint density at radius 2 is 1.83 bits per heavy atom. The first-order chi connectivity index (χ1) is 8.49. The van der Waals surface area contributed by atoms with Crippen LogP contribution in [0.4, 0.5) is 0 Å². The topological polar surface area (TPSA) is 35.5 Å². The van der Waals surface area contributed by atoms with E-state index >= 15 is 0 Å². The summed E-state index contributed by atoms with van der Waals surface area (Å²) in [7, 11) is 1.39. The molecule has 18 heavy (non-hydrogen) atoms. The van der Waals surface area contributed by atoms with Crippen LogP contribution in [0.25, 0.3) is 0 Å². The van der Waals surface area contributed by atoms with Crippen molar-refractivity contribution in [1.29, 1.82) is 0 Å². The van der Waals surface area contributed by atoms with Gasteiger partial charge in [0, 0.05) is 0 Å². The lowest BCUT2D eigenvalue weighted by molar-refractivity contribution is -0.152. The van der Waals surface area contributed by atoms with Crippen molar-refractivity contribution in [2.45, 2.75) is 33.6 Å². The summed E-state index contributed by atoms with van der Waals surface area (Å²) in [5.41, 5.74) is 0.675. The third kappa shape index (κ3) is 4.06. The third-order valence-corrected chi connectivity index (χ3v) is 2.80. The van der Waals surface area contributed by atoms with Crippen LogP contribution in [0.5, 0.6) is 5.75 Å². The average molecular weight is 250 g/mol. The van der Waals surface area contributed by atoms with Crippen LogP contribution in [0, 0.1) is 5.41 Å². The normalized spacial score (nSPS) is 11.1. The van der Waals surface area contributed by atoms with Gasteiger partial charge in [0.1, 0.15) is 12.4 Å². The summed E-state index contributed by atoms with van der Waals surface area (Å²) in [4.78, 5) is 11.5. The summed E-state index contributed by atoms with van der Waals surface area (Å²) in [6.45, 7) is 6.09. The fourth-order valence-electron chi connectivity index (χ4n) is 1.64. The molecular weight excluding hydrogens is 228 g/mol. The first kappa shape index (κ1) is 14.6. The minimum atomic E-state index is -0.628. The average Bonchev–Trinajstić information content (AvgIpc) is 2.37. The molecule has 0 aliphatic rings. The molecule has 0 spiro atoms. The summed E-state index contributed by atoms with van der Waals surface area (Å²) in [6.07, 6.45) is 2.21. The van der Waals surface area contributed by atoms with E-state index < -0.39 is 5.41 Å². The van der Waals surface area contributed by atoms with E-state index in [0.29, 0.717) is 6.61 Å². The van der Waals surface area contributed by atoms with Crippen molar-refractivity contribution < 1.29 is 14.3 Å². The van der Waals surface area contributed by atoms with Crippen LogP contribution in [0.1, 0.15) is 32.8 Å². The van der Waals surface area contributed by atoms with E-state index in [1.807, 2.05) is 26.0 Å². The standard InChI is InChI=1S/C15H22O3/c1-5-6-12-7-9-13(10-8-12)18-11-15(2,3)14(16)17-4/h7-10H,5-6,11H2,1-4H3. The lowest BCUT2D eigenvalue weighted by Crippen LogP contribution is -2.32. The van der Waals surface area contributed by atoms with Crippen molar-refractivity contribution in [3.05, 3.63) is 29.8 Å². The Hall–Kier alpha value is -1.51. The minimum Gasteiger partial charge on any atom is -0.492 e. The molecule has 0 saturated heterocycles. The molecule has 3 nitrogen and oxygen atoms in total. The van der Waals surface area contributed by atoms with Gasteiger partial charge in [0.25, 0.3) is 0 Å². The Kier molecular flexibility index (Phi) is 5.20. The van der Waals surface area contributed by atoms with E-state index in [4.69, 9.17) is 9.47 Å². The van der Waals surface area contributed by atoms with E-state index in [1.165, 1.54) is 12.7 Å². The molecule has 0 bridgehead atoms. The highest BCUT2D eigenvalue weighted by Crippen LogP contribution is 2.20. The molecule has 0 N–H and O–H groups in total. The number of hydrogen-bond acceptors (Lipinski definition) is 3. The lowest BCUT2D eigenvalue weighted by atomic mass is 9.95. The first-order valence-electron chi connectivity index (χ1n) is 6.29. The highest BCUT2D eigenvalue weighted by atomic mass is 16.5. The Morgan fingerprint density at radius 3 is 2.33 bits per heavy atom. The summed E-state index contributed by atoms with van der Waals surface area (Å²) in [6, 6.07) is 8.00. The van der Waals surface area contributed by atoms with Crippen molar-refractivity contribution in [1.82, 2.24) is 0 Å². The summed E-state index contributed by atoms with van der Waals surface area (Å²) in [5, 5.41) is 0. The highest BCUT2D eigenvalue weighted by Gasteiger charge is 2.29. The molecule has 1 rings (SSSR count). The fraction of sp³-hybridized carbons (Fsp3) is 0.533. The largest absolute Gasteiger partial charge is 0.492 e. The number of ether oxygens (including phenoxy) is 2. The van der Waals surface area contributed by atoms with Crippen LogP contribution in [-0.2, 0) is 16.0 Å². The van der Waals surface area contributed by atoms with Gasteiger partial charge >= 0.3 is 5.97 Å². The van der Waals surface area contributed by atoms with Crippen LogP contribution in [0.3, 0.4) is 0 Å². The predicted octanol–water partition coefficient (Wildman–Crippen LogP) is 3.22. The molecule has 3 heteroatoms. The fourth-order valence-corrected chi connectivity index (χ4v) is 1.64. The minimum absolute atomic E-state index is 0.259. The van der Waals surface area contributed by atoms with Gasteiger partial charge in [-0.1, -0.05) is 25.5 Å². The van der Waals surface area contributed by atoms with E-state index in [2.05, 4.69) is 19.1 Å². The third-order valence-electron chi connectivity index (χ3n) is 2.80. The second kappa shape index (κ2) is 6.43. The summed E-state index contributed by atoms with van der Waals surface area (Å²) < 4.78 is 10.4. The molecule has 100 valence electrons. The molecule has 0 aromatic heterocycles. The van der Waals surface area contributed by atoms with Gasteiger partial charge in [0.2, 0.25) is 0 Å². The zero-order chi connectivity index (χ0) is 13.6. The van der Waals surface area contributed by atoms with Gasteiger partial charge in [-0.25, -0.2) is 0 Å². The number of hydrogen-bond donors (Lipinski definition) is 0. The van der Waals surface area contributed by atoms with Crippen LogP contribution < -0.4 is 4.74 Å². The Morgan fingerprint density at radius 1 is 1.22 bits per heavy atom. The molecule has 0 atom stereocenters. The van der Waals surface area contributed by atoms with Crippen molar-refractivity contribution in [3.8, 4) is 5.75 Å².